The molecule has 202 valence electrons. The van der Waals surface area contributed by atoms with Crippen LogP contribution in [0.4, 0.5) is 4.79 Å². The molecule has 0 bridgehead atoms. The third-order valence-corrected chi connectivity index (χ3v) is 7.78. The number of fused-ring (bicyclic) bond motifs is 2. The summed E-state index contributed by atoms with van der Waals surface area (Å²) in [5.74, 6) is 0.476. The Morgan fingerprint density at radius 2 is 1.72 bits per heavy atom. The van der Waals surface area contributed by atoms with Crippen LogP contribution < -0.4 is 9.47 Å². The SMILES string of the molecule is COc1cc2c(nc1OC)c(-c1cc3cccnc3n1S(=O)(=O)c1ccc(C)cc1)cn2C(=O)OC(C)(C)C. The molecule has 0 saturated heterocycles. The molecule has 0 unspecified atom stereocenters. The Balaban J connectivity index is 1.86. The lowest BCUT2D eigenvalue weighted by molar-refractivity contribution is 0.0544. The van der Waals surface area contributed by atoms with Crippen LogP contribution in [0.3, 0.4) is 0 Å². The van der Waals surface area contributed by atoms with E-state index in [1.54, 1.807) is 69.3 Å². The second-order valence-corrected chi connectivity index (χ2v) is 11.8. The van der Waals surface area contributed by atoms with Crippen LogP contribution >= 0.6 is 0 Å². The van der Waals surface area contributed by atoms with Gasteiger partial charge >= 0.3 is 6.09 Å². The van der Waals surface area contributed by atoms with Gasteiger partial charge in [-0.2, -0.15) is 0 Å². The topological polar surface area (TPSA) is 115 Å². The van der Waals surface area contributed by atoms with E-state index in [0.717, 1.165) is 5.56 Å². The van der Waals surface area contributed by atoms with E-state index >= 15 is 0 Å². The van der Waals surface area contributed by atoms with E-state index < -0.39 is 21.7 Å². The van der Waals surface area contributed by atoms with Crippen LogP contribution in [0, 0.1) is 6.92 Å². The van der Waals surface area contributed by atoms with Crippen LogP contribution in [0.2, 0.25) is 0 Å². The number of aryl methyl sites for hydroxylation is 1. The standard InChI is InChI=1S/C28H28N4O6S/c1-17-9-11-19(12-10-17)39(34,35)32-21(14-18-8-7-13-29-25(18)32)20-16-31(27(33)38-28(2,3)4)22-15-23(36-5)26(37-6)30-24(20)22/h7-16H,1-6H3. The molecule has 0 saturated carbocycles. The number of aromatic nitrogens is 4. The number of pyridine rings is 2. The summed E-state index contributed by atoms with van der Waals surface area (Å²) in [4.78, 5) is 22.4. The van der Waals surface area contributed by atoms with Crippen molar-refractivity contribution in [1.29, 1.82) is 0 Å². The third kappa shape index (κ3) is 4.59. The molecule has 0 N–H and O–H groups in total. The van der Waals surface area contributed by atoms with Gasteiger partial charge in [0.25, 0.3) is 15.9 Å². The number of hydrogen-bond acceptors (Lipinski definition) is 8. The second-order valence-electron chi connectivity index (χ2n) is 9.99. The van der Waals surface area contributed by atoms with E-state index in [0.29, 0.717) is 27.7 Å². The minimum atomic E-state index is -4.11. The normalized spacial score (nSPS) is 12.2. The zero-order chi connectivity index (χ0) is 28.1. The van der Waals surface area contributed by atoms with E-state index in [-0.39, 0.29) is 22.1 Å². The lowest BCUT2D eigenvalue weighted by Crippen LogP contribution is -2.26. The van der Waals surface area contributed by atoms with Crippen molar-refractivity contribution < 1.29 is 27.4 Å². The van der Waals surface area contributed by atoms with E-state index in [1.807, 2.05) is 6.92 Å². The van der Waals surface area contributed by atoms with Crippen molar-refractivity contribution in [1.82, 2.24) is 18.5 Å². The fraction of sp³-hybridized carbons (Fsp3) is 0.250. The Morgan fingerprint density at radius 1 is 1.00 bits per heavy atom. The average Bonchev–Trinajstić information content (AvgIpc) is 3.45. The van der Waals surface area contributed by atoms with Crippen molar-refractivity contribution in [3.8, 4) is 22.9 Å². The Labute approximate surface area is 225 Å². The molecule has 39 heavy (non-hydrogen) atoms. The van der Waals surface area contributed by atoms with E-state index in [9.17, 15) is 13.2 Å². The van der Waals surface area contributed by atoms with E-state index in [4.69, 9.17) is 14.2 Å². The van der Waals surface area contributed by atoms with Gasteiger partial charge in [-0.1, -0.05) is 17.7 Å². The number of carbonyl (C=O) groups excluding carboxylic acids is 1. The van der Waals surface area contributed by atoms with Crippen LogP contribution in [0.15, 0.2) is 65.8 Å². The number of nitrogens with zero attached hydrogens (tertiary/aromatic N) is 4. The highest BCUT2D eigenvalue weighted by Crippen LogP contribution is 2.39. The first kappa shape index (κ1) is 26.2. The summed E-state index contributed by atoms with van der Waals surface area (Å²) in [6.07, 6.45) is 2.39. The lowest BCUT2D eigenvalue weighted by atomic mass is 10.2. The highest BCUT2D eigenvalue weighted by molar-refractivity contribution is 7.90. The zero-order valence-electron chi connectivity index (χ0n) is 22.4. The van der Waals surface area contributed by atoms with Crippen LogP contribution in [-0.2, 0) is 14.8 Å². The summed E-state index contributed by atoms with van der Waals surface area (Å²) in [5.41, 5.74) is 1.71. The number of methoxy groups -OCH3 is 2. The largest absolute Gasteiger partial charge is 0.491 e. The molecule has 0 radical (unpaired) electrons. The van der Waals surface area contributed by atoms with Crippen LogP contribution in [0.5, 0.6) is 11.6 Å². The predicted molar refractivity (Wildman–Crippen MR) is 147 cm³/mol. The molecule has 4 heterocycles. The van der Waals surface area contributed by atoms with Gasteiger partial charge in [0.05, 0.1) is 30.3 Å². The minimum Gasteiger partial charge on any atom is -0.491 e. The summed E-state index contributed by atoms with van der Waals surface area (Å²) in [6, 6.07) is 13.4. The first-order valence-electron chi connectivity index (χ1n) is 12.1. The fourth-order valence-electron chi connectivity index (χ4n) is 4.31. The van der Waals surface area contributed by atoms with Crippen molar-refractivity contribution in [3.05, 3.63) is 66.5 Å². The van der Waals surface area contributed by atoms with Gasteiger partial charge in [0, 0.05) is 29.4 Å². The Kier molecular flexibility index (Phi) is 6.34. The Bertz CT molecular complexity index is 1830. The molecular formula is C28H28N4O6S. The maximum absolute atomic E-state index is 14.1. The molecule has 5 aromatic rings. The molecule has 0 amide bonds. The first-order valence-corrected chi connectivity index (χ1v) is 13.5. The Morgan fingerprint density at radius 3 is 2.36 bits per heavy atom. The molecule has 0 fully saturated rings. The molecule has 5 rings (SSSR count). The van der Waals surface area contributed by atoms with E-state index in [1.165, 1.54) is 35.2 Å². The first-order chi connectivity index (χ1) is 18.4. The van der Waals surface area contributed by atoms with Gasteiger partial charge < -0.3 is 14.2 Å². The number of ether oxygens (including phenoxy) is 3. The molecule has 10 nitrogen and oxygen atoms in total. The van der Waals surface area contributed by atoms with Gasteiger partial charge in [-0.25, -0.2) is 27.2 Å². The molecule has 0 aliphatic heterocycles. The summed E-state index contributed by atoms with van der Waals surface area (Å²) < 4.78 is 47.1. The van der Waals surface area contributed by atoms with Crippen molar-refractivity contribution in [2.75, 3.05) is 14.2 Å². The summed E-state index contributed by atoms with van der Waals surface area (Å²) in [7, 11) is -1.20. The maximum Gasteiger partial charge on any atom is 0.419 e. The Hall–Kier alpha value is -4.38. The molecule has 11 heteroatoms. The lowest BCUT2D eigenvalue weighted by Gasteiger charge is -2.19. The maximum atomic E-state index is 14.1. The summed E-state index contributed by atoms with van der Waals surface area (Å²) >= 11 is 0. The third-order valence-electron chi connectivity index (χ3n) is 6.07. The van der Waals surface area contributed by atoms with Gasteiger partial charge in [-0.05, 0) is 58.0 Å². The van der Waals surface area contributed by atoms with E-state index in [2.05, 4.69) is 9.97 Å². The summed E-state index contributed by atoms with van der Waals surface area (Å²) in [5, 5.41) is 0.599. The average molecular weight is 549 g/mol. The highest BCUT2D eigenvalue weighted by Gasteiger charge is 2.29. The quantitative estimate of drug-likeness (QED) is 0.287. The number of carbonyl (C=O) groups is 1. The van der Waals surface area contributed by atoms with Crippen molar-refractivity contribution in [2.45, 2.75) is 38.2 Å². The van der Waals surface area contributed by atoms with Crippen LogP contribution in [0.1, 0.15) is 26.3 Å². The monoisotopic (exact) mass is 548 g/mol. The number of rotatable bonds is 5. The highest BCUT2D eigenvalue weighted by atomic mass is 32.2. The minimum absolute atomic E-state index is 0.0978. The van der Waals surface area contributed by atoms with Gasteiger partial charge in [0.15, 0.2) is 11.4 Å². The van der Waals surface area contributed by atoms with Gasteiger partial charge in [-0.15, -0.1) is 0 Å². The summed E-state index contributed by atoms with van der Waals surface area (Å²) in [6.45, 7) is 7.17. The smallest absolute Gasteiger partial charge is 0.419 e. The molecule has 4 aromatic heterocycles. The van der Waals surface area contributed by atoms with Gasteiger partial charge in [-0.3, -0.25) is 4.57 Å². The van der Waals surface area contributed by atoms with Gasteiger partial charge in [0.1, 0.15) is 11.1 Å². The van der Waals surface area contributed by atoms with Crippen molar-refractivity contribution in [2.24, 2.45) is 0 Å². The predicted octanol–water partition coefficient (Wildman–Crippen LogP) is 5.40. The van der Waals surface area contributed by atoms with Crippen LogP contribution in [-0.4, -0.2) is 52.8 Å². The second kappa shape index (κ2) is 9.42. The number of hydrogen-bond donors (Lipinski definition) is 0. The molecular weight excluding hydrogens is 520 g/mol. The molecule has 0 spiro atoms. The zero-order valence-corrected chi connectivity index (χ0v) is 23.2. The van der Waals surface area contributed by atoms with Crippen molar-refractivity contribution >= 4 is 38.2 Å². The molecule has 1 aromatic carbocycles. The fourth-order valence-corrected chi connectivity index (χ4v) is 5.79. The molecule has 0 aliphatic carbocycles. The van der Waals surface area contributed by atoms with Crippen molar-refractivity contribution in [3.63, 3.8) is 0 Å². The van der Waals surface area contributed by atoms with Crippen LogP contribution in [0.25, 0.3) is 33.3 Å². The van der Waals surface area contributed by atoms with Gasteiger partial charge in [0.2, 0.25) is 0 Å². The molecule has 0 atom stereocenters. The molecule has 0 aliphatic rings. The number of benzene rings is 1.